The molecule has 45 heavy (non-hydrogen) atoms. The van der Waals surface area contributed by atoms with E-state index in [2.05, 4.69) is 35.5 Å². The van der Waals surface area contributed by atoms with Gasteiger partial charge in [0.2, 0.25) is 5.91 Å². The number of hydrogen-bond donors (Lipinski definition) is 3. The summed E-state index contributed by atoms with van der Waals surface area (Å²) in [4.78, 5) is 28.9. The molecule has 0 unspecified atom stereocenters. The van der Waals surface area contributed by atoms with Crippen molar-refractivity contribution in [3.63, 3.8) is 0 Å². The van der Waals surface area contributed by atoms with Crippen LogP contribution in [0.3, 0.4) is 0 Å². The molecule has 0 atom stereocenters. The molecule has 0 saturated heterocycles. The number of nitrogens with one attached hydrogen (secondary N) is 3. The van der Waals surface area contributed by atoms with Crippen molar-refractivity contribution < 1.29 is 22.0 Å². The van der Waals surface area contributed by atoms with Crippen LogP contribution in [0, 0.1) is 17.0 Å². The number of aromatic nitrogens is 6. The molecule has 0 aliphatic carbocycles. The Labute approximate surface area is 257 Å². The zero-order valence-electron chi connectivity index (χ0n) is 24.9. The number of benzene rings is 2. The average Bonchev–Trinajstić information content (AvgIpc) is 3.58. The van der Waals surface area contributed by atoms with Gasteiger partial charge in [0.1, 0.15) is 27.2 Å². The Hall–Kier alpha value is -5.04. The van der Waals surface area contributed by atoms with Crippen molar-refractivity contribution in [2.75, 3.05) is 17.3 Å². The summed E-state index contributed by atoms with van der Waals surface area (Å²) in [5.41, 5.74) is 3.94. The van der Waals surface area contributed by atoms with Gasteiger partial charge in [0, 0.05) is 52.2 Å². The van der Waals surface area contributed by atoms with Gasteiger partial charge < -0.3 is 10.3 Å². The number of nitrogens with zero attached hydrogens (tertiary/aromatic N) is 4. The Bertz CT molecular complexity index is 2220. The van der Waals surface area contributed by atoms with Crippen LogP contribution in [0.4, 0.5) is 14.5 Å². The van der Waals surface area contributed by atoms with Gasteiger partial charge in [-0.3, -0.25) is 14.9 Å². The van der Waals surface area contributed by atoms with E-state index in [0.717, 1.165) is 6.26 Å². The van der Waals surface area contributed by atoms with Crippen molar-refractivity contribution in [2.45, 2.75) is 27.2 Å². The largest absolute Gasteiger partial charge is 0.335 e. The molecule has 230 valence electrons. The van der Waals surface area contributed by atoms with E-state index in [9.17, 15) is 17.6 Å². The van der Waals surface area contributed by atoms with E-state index >= 15 is 4.39 Å². The van der Waals surface area contributed by atoms with Crippen LogP contribution < -0.4 is 5.32 Å². The third-order valence-corrected chi connectivity index (χ3v) is 8.23. The molecular weight excluding hydrogens is 600 g/mol. The summed E-state index contributed by atoms with van der Waals surface area (Å²) in [7, 11) is -3.23. The van der Waals surface area contributed by atoms with Crippen molar-refractivity contribution in [3.05, 3.63) is 78.3 Å². The topological polar surface area (TPSA) is 146 Å². The molecule has 0 spiro atoms. The summed E-state index contributed by atoms with van der Waals surface area (Å²) in [6.07, 6.45) is 5.88. The van der Waals surface area contributed by atoms with Gasteiger partial charge in [0.05, 0.1) is 28.7 Å². The van der Waals surface area contributed by atoms with Gasteiger partial charge in [-0.1, -0.05) is 26.8 Å². The van der Waals surface area contributed by atoms with Crippen LogP contribution in [0.1, 0.15) is 26.3 Å². The number of amides is 1. The fraction of sp³-hybridized carbons (Fsp3) is 0.219. The van der Waals surface area contributed by atoms with E-state index in [1.165, 1.54) is 30.6 Å². The summed E-state index contributed by atoms with van der Waals surface area (Å²) in [5, 5.41) is 10.6. The first kappa shape index (κ1) is 30.0. The highest BCUT2D eigenvalue weighted by molar-refractivity contribution is 7.90. The van der Waals surface area contributed by atoms with Crippen molar-refractivity contribution in [1.82, 2.24) is 30.1 Å². The predicted octanol–water partition coefficient (Wildman–Crippen LogP) is 6.08. The molecule has 13 heteroatoms. The highest BCUT2D eigenvalue weighted by Gasteiger charge is 2.22. The second-order valence-electron chi connectivity index (χ2n) is 12.0. The van der Waals surface area contributed by atoms with Crippen LogP contribution in [0.15, 0.2) is 61.1 Å². The molecule has 1 amide bonds. The van der Waals surface area contributed by atoms with Gasteiger partial charge >= 0.3 is 0 Å². The van der Waals surface area contributed by atoms with E-state index in [1.807, 2.05) is 0 Å². The SMILES string of the molecule is CC(C)(C)C(=O)Nc1cncc(-c2cc3c(-c4nc5nccc(-c6cc(F)cc(CCS(C)(=O)=O)c6)c5[nH]4)n[nH]c3cc2F)c1. The van der Waals surface area contributed by atoms with Crippen molar-refractivity contribution in [2.24, 2.45) is 5.41 Å². The summed E-state index contributed by atoms with van der Waals surface area (Å²) in [6.45, 7) is 5.38. The zero-order chi connectivity index (χ0) is 32.1. The maximum absolute atomic E-state index is 15.3. The molecule has 6 rings (SSSR count). The summed E-state index contributed by atoms with van der Waals surface area (Å²) in [6, 6.07) is 10.8. The fourth-order valence-corrected chi connectivity index (χ4v) is 5.54. The lowest BCUT2D eigenvalue weighted by molar-refractivity contribution is -0.123. The third-order valence-electron chi connectivity index (χ3n) is 7.29. The smallest absolute Gasteiger partial charge is 0.229 e. The lowest BCUT2D eigenvalue weighted by Gasteiger charge is -2.17. The Morgan fingerprint density at radius 3 is 2.56 bits per heavy atom. The number of aryl methyl sites for hydroxylation is 1. The quantitative estimate of drug-likeness (QED) is 0.194. The molecule has 10 nitrogen and oxygen atoms in total. The van der Waals surface area contributed by atoms with Gasteiger partial charge in [-0.15, -0.1) is 0 Å². The summed E-state index contributed by atoms with van der Waals surface area (Å²) >= 11 is 0. The lowest BCUT2D eigenvalue weighted by Crippen LogP contribution is -2.27. The van der Waals surface area contributed by atoms with E-state index in [1.54, 1.807) is 51.2 Å². The first-order chi connectivity index (χ1) is 21.2. The Morgan fingerprint density at radius 1 is 1.00 bits per heavy atom. The van der Waals surface area contributed by atoms with Gasteiger partial charge in [0.15, 0.2) is 11.5 Å². The van der Waals surface area contributed by atoms with E-state index in [-0.39, 0.29) is 23.6 Å². The normalized spacial score (nSPS) is 12.2. The van der Waals surface area contributed by atoms with Gasteiger partial charge in [-0.25, -0.2) is 27.2 Å². The Kier molecular flexibility index (Phi) is 7.43. The number of hydrogen-bond acceptors (Lipinski definition) is 7. The Morgan fingerprint density at radius 2 is 1.80 bits per heavy atom. The number of pyridine rings is 2. The number of H-pyrrole nitrogens is 2. The molecule has 4 aromatic heterocycles. The lowest BCUT2D eigenvalue weighted by atomic mass is 9.95. The number of rotatable bonds is 7. The molecule has 0 aliphatic rings. The van der Waals surface area contributed by atoms with Crippen molar-refractivity contribution >= 4 is 43.5 Å². The number of aromatic amines is 2. The first-order valence-corrected chi connectivity index (χ1v) is 16.1. The van der Waals surface area contributed by atoms with Crippen molar-refractivity contribution in [3.8, 4) is 33.8 Å². The highest BCUT2D eigenvalue weighted by atomic mass is 32.2. The van der Waals surface area contributed by atoms with Gasteiger partial charge in [-0.2, -0.15) is 5.10 Å². The maximum atomic E-state index is 15.3. The zero-order valence-corrected chi connectivity index (χ0v) is 25.7. The molecule has 0 fully saturated rings. The van der Waals surface area contributed by atoms with E-state index in [0.29, 0.717) is 61.5 Å². The number of fused-ring (bicyclic) bond motifs is 2. The number of halogens is 2. The Balaban J connectivity index is 1.39. The molecule has 0 saturated carbocycles. The highest BCUT2D eigenvalue weighted by Crippen LogP contribution is 2.35. The van der Waals surface area contributed by atoms with Crippen LogP contribution in [-0.2, 0) is 21.1 Å². The number of carbonyl (C=O) groups is 1. The van der Waals surface area contributed by atoms with Crippen molar-refractivity contribution in [1.29, 1.82) is 0 Å². The molecular formula is C32H29F2N7O3S. The standard InChI is InChI=1S/C32H29F2N7O3S/c1-32(2,3)31(42)37-21-12-19(15-35-16-21)23-13-24-26(14-25(23)34)40-41-28(24)30-38-27-22(5-7-36-29(27)39-30)18-9-17(10-20(33)11-18)6-8-45(4,43)44/h5,7,9-16H,6,8H2,1-4H3,(H,37,42)(H,40,41)(H,36,38,39). The minimum absolute atomic E-state index is 0.101. The monoisotopic (exact) mass is 629 g/mol. The second kappa shape index (κ2) is 11.1. The number of anilines is 1. The fourth-order valence-electron chi connectivity index (χ4n) is 4.93. The minimum Gasteiger partial charge on any atom is -0.335 e. The third kappa shape index (κ3) is 6.29. The molecule has 4 heterocycles. The molecule has 0 aliphatic heterocycles. The summed E-state index contributed by atoms with van der Waals surface area (Å²) in [5.74, 6) is -0.950. The van der Waals surface area contributed by atoms with Crippen LogP contribution in [0.2, 0.25) is 0 Å². The first-order valence-electron chi connectivity index (χ1n) is 14.0. The van der Waals surface area contributed by atoms with E-state index in [4.69, 9.17) is 0 Å². The molecule has 0 radical (unpaired) electrons. The molecule has 3 N–H and O–H groups in total. The summed E-state index contributed by atoms with van der Waals surface area (Å²) < 4.78 is 53.3. The molecule has 0 bridgehead atoms. The van der Waals surface area contributed by atoms with E-state index < -0.39 is 26.9 Å². The second-order valence-corrected chi connectivity index (χ2v) is 14.2. The maximum Gasteiger partial charge on any atom is 0.229 e. The molecule has 6 aromatic rings. The van der Waals surface area contributed by atoms with Crippen LogP contribution in [0.5, 0.6) is 0 Å². The van der Waals surface area contributed by atoms with Gasteiger partial charge in [0.25, 0.3) is 0 Å². The number of imidazole rings is 1. The number of sulfone groups is 1. The number of carbonyl (C=O) groups excluding carboxylic acids is 1. The van der Waals surface area contributed by atoms with Crippen LogP contribution >= 0.6 is 0 Å². The van der Waals surface area contributed by atoms with Gasteiger partial charge in [-0.05, 0) is 47.9 Å². The molecule has 2 aromatic carbocycles. The predicted molar refractivity (Wildman–Crippen MR) is 169 cm³/mol. The average molecular weight is 630 g/mol. The minimum atomic E-state index is -3.23. The van der Waals surface area contributed by atoms with Crippen LogP contribution in [-0.4, -0.2) is 56.5 Å². The van der Waals surface area contributed by atoms with Crippen LogP contribution in [0.25, 0.3) is 55.8 Å².